The molecule has 0 unspecified atom stereocenters. The van der Waals surface area contributed by atoms with Gasteiger partial charge < -0.3 is 5.11 Å². The lowest BCUT2D eigenvalue weighted by Crippen LogP contribution is -2.40. The molecule has 0 spiro atoms. The molecule has 1 aliphatic carbocycles. The van der Waals surface area contributed by atoms with E-state index in [1.165, 1.54) is 22.5 Å². The maximum Gasteiger partial charge on any atom is 0.244 e. The number of aliphatic hydroxyl groups is 1. The third kappa shape index (κ3) is 3.38. The van der Waals surface area contributed by atoms with Gasteiger partial charge in [-0.2, -0.15) is 9.57 Å². The fourth-order valence-electron chi connectivity index (χ4n) is 2.72. The Kier molecular flexibility index (Phi) is 5.22. The maximum absolute atomic E-state index is 12.8. The fraction of sp³-hybridized carbons (Fsp3) is 0.500. The van der Waals surface area contributed by atoms with Crippen LogP contribution in [0.5, 0.6) is 0 Å². The molecule has 7 heteroatoms. The summed E-state index contributed by atoms with van der Waals surface area (Å²) in [5.74, 6) is 0. The highest BCUT2D eigenvalue weighted by Crippen LogP contribution is 2.30. The van der Waals surface area contributed by atoms with E-state index in [0.717, 1.165) is 25.7 Å². The second-order valence-electron chi connectivity index (χ2n) is 5.03. The number of halogens is 1. The smallest absolute Gasteiger partial charge is 0.244 e. The average molecular weight is 329 g/mol. The summed E-state index contributed by atoms with van der Waals surface area (Å²) in [6.07, 6.45) is 3.51. The van der Waals surface area contributed by atoms with E-state index in [2.05, 4.69) is 0 Å². The summed E-state index contributed by atoms with van der Waals surface area (Å²) in [7, 11) is -3.85. The summed E-state index contributed by atoms with van der Waals surface area (Å²) in [4.78, 5) is -0.0853. The van der Waals surface area contributed by atoms with Gasteiger partial charge in [-0.05, 0) is 31.0 Å². The molecule has 0 aliphatic heterocycles. The molecule has 0 radical (unpaired) electrons. The van der Waals surface area contributed by atoms with Crippen molar-refractivity contribution in [3.63, 3.8) is 0 Å². The molecule has 1 aliphatic rings. The quantitative estimate of drug-likeness (QED) is 0.897. The van der Waals surface area contributed by atoms with Gasteiger partial charge in [-0.1, -0.05) is 24.4 Å². The third-order valence-corrected chi connectivity index (χ3v) is 5.93. The average Bonchev–Trinajstić information content (AvgIpc) is 2.98. The minimum atomic E-state index is -3.85. The number of hydrogen-bond donors (Lipinski definition) is 1. The largest absolute Gasteiger partial charge is 0.395 e. The second-order valence-corrected chi connectivity index (χ2v) is 7.33. The van der Waals surface area contributed by atoms with E-state index in [1.807, 2.05) is 6.07 Å². The van der Waals surface area contributed by atoms with Crippen molar-refractivity contribution in [3.8, 4) is 6.07 Å². The molecule has 21 heavy (non-hydrogen) atoms. The summed E-state index contributed by atoms with van der Waals surface area (Å²) in [5.41, 5.74) is 0.0698. The molecule has 0 saturated heterocycles. The summed E-state index contributed by atoms with van der Waals surface area (Å²) < 4.78 is 27.0. The van der Waals surface area contributed by atoms with E-state index in [4.69, 9.17) is 16.9 Å². The first-order valence-corrected chi connectivity index (χ1v) is 8.65. The van der Waals surface area contributed by atoms with Gasteiger partial charge in [-0.15, -0.1) is 0 Å². The molecular formula is C14H17ClN2O3S. The van der Waals surface area contributed by atoms with Crippen molar-refractivity contribution in [1.29, 1.82) is 5.26 Å². The zero-order chi connectivity index (χ0) is 15.5. The first-order chi connectivity index (χ1) is 10.0. The molecule has 0 aromatic heterocycles. The van der Waals surface area contributed by atoms with Crippen LogP contribution < -0.4 is 0 Å². The summed E-state index contributed by atoms with van der Waals surface area (Å²) in [6, 6.07) is 5.97. The van der Waals surface area contributed by atoms with E-state index < -0.39 is 10.0 Å². The Labute approximate surface area is 129 Å². The van der Waals surface area contributed by atoms with Crippen LogP contribution in [0.4, 0.5) is 0 Å². The van der Waals surface area contributed by atoms with Crippen LogP contribution >= 0.6 is 11.6 Å². The van der Waals surface area contributed by atoms with Crippen LogP contribution in [0.15, 0.2) is 23.1 Å². The van der Waals surface area contributed by atoms with Crippen molar-refractivity contribution >= 4 is 21.6 Å². The lowest BCUT2D eigenvalue weighted by atomic mass is 10.2. The van der Waals surface area contributed by atoms with Crippen LogP contribution in [0.3, 0.4) is 0 Å². The normalized spacial score (nSPS) is 16.3. The van der Waals surface area contributed by atoms with Crippen molar-refractivity contribution < 1.29 is 13.5 Å². The molecule has 0 heterocycles. The predicted molar refractivity (Wildman–Crippen MR) is 79.4 cm³/mol. The Hall–Kier alpha value is -1.13. The van der Waals surface area contributed by atoms with Crippen molar-refractivity contribution in [2.24, 2.45) is 0 Å². The maximum atomic E-state index is 12.8. The third-order valence-electron chi connectivity index (χ3n) is 3.70. The van der Waals surface area contributed by atoms with Gasteiger partial charge in [0.05, 0.1) is 12.2 Å². The van der Waals surface area contributed by atoms with Crippen LogP contribution in [0.25, 0.3) is 0 Å². The number of rotatable bonds is 5. The fourth-order valence-corrected chi connectivity index (χ4v) is 4.80. The number of nitrogens with zero attached hydrogens (tertiary/aromatic N) is 2. The zero-order valence-electron chi connectivity index (χ0n) is 11.5. The zero-order valence-corrected chi connectivity index (χ0v) is 13.1. The Morgan fingerprint density at radius 2 is 2.05 bits per heavy atom. The van der Waals surface area contributed by atoms with Gasteiger partial charge >= 0.3 is 0 Å². The van der Waals surface area contributed by atoms with Gasteiger partial charge in [0, 0.05) is 17.6 Å². The molecule has 1 aromatic carbocycles. The summed E-state index contributed by atoms with van der Waals surface area (Å²) in [6.45, 7) is -0.220. The highest BCUT2D eigenvalue weighted by atomic mass is 35.5. The van der Waals surface area contributed by atoms with Crippen molar-refractivity contribution in [3.05, 3.63) is 28.8 Å². The van der Waals surface area contributed by atoms with Crippen LogP contribution in [0, 0.1) is 11.3 Å². The lowest BCUT2D eigenvalue weighted by Gasteiger charge is -2.27. The van der Waals surface area contributed by atoms with Crippen molar-refractivity contribution in [2.45, 2.75) is 36.6 Å². The van der Waals surface area contributed by atoms with Gasteiger partial charge in [-0.3, -0.25) is 0 Å². The van der Waals surface area contributed by atoms with Gasteiger partial charge in [0.1, 0.15) is 11.0 Å². The molecule has 114 valence electrons. The van der Waals surface area contributed by atoms with Crippen molar-refractivity contribution in [1.82, 2.24) is 4.31 Å². The topological polar surface area (TPSA) is 81.4 Å². The van der Waals surface area contributed by atoms with Gasteiger partial charge in [0.25, 0.3) is 0 Å². The Bertz CT molecular complexity index is 649. The first kappa shape index (κ1) is 16.2. The molecule has 1 fully saturated rings. The molecule has 0 bridgehead atoms. The first-order valence-electron chi connectivity index (χ1n) is 6.83. The number of aliphatic hydroxyl groups excluding tert-OH is 1. The van der Waals surface area contributed by atoms with Crippen LogP contribution in [0.1, 0.15) is 31.2 Å². The lowest BCUT2D eigenvalue weighted by molar-refractivity contribution is 0.226. The number of hydrogen-bond acceptors (Lipinski definition) is 4. The highest BCUT2D eigenvalue weighted by molar-refractivity contribution is 7.89. The number of nitriles is 1. The molecule has 1 aromatic rings. The Balaban J connectivity index is 2.47. The van der Waals surface area contributed by atoms with Gasteiger partial charge in [-0.25, -0.2) is 8.42 Å². The summed E-state index contributed by atoms with van der Waals surface area (Å²) >= 11 is 5.88. The molecule has 5 nitrogen and oxygen atoms in total. The minimum absolute atomic E-state index is 0.0321. The van der Waals surface area contributed by atoms with E-state index in [0.29, 0.717) is 0 Å². The van der Waals surface area contributed by atoms with Gasteiger partial charge in [0.2, 0.25) is 10.0 Å². The SMILES string of the molecule is N#Cc1ccc(Cl)cc1S(=O)(=O)N(CCO)C1CCCC1. The molecule has 1 N–H and O–H groups in total. The van der Waals surface area contributed by atoms with Crippen molar-refractivity contribution in [2.75, 3.05) is 13.2 Å². The molecule has 2 rings (SSSR count). The van der Waals surface area contributed by atoms with E-state index in [1.54, 1.807) is 0 Å². The number of benzene rings is 1. The second kappa shape index (κ2) is 6.75. The van der Waals surface area contributed by atoms with Crippen LogP contribution in [-0.4, -0.2) is 37.0 Å². The Morgan fingerprint density at radius 3 is 2.62 bits per heavy atom. The van der Waals surface area contributed by atoms with Gasteiger partial charge in [0.15, 0.2) is 0 Å². The number of sulfonamides is 1. The molecule has 1 saturated carbocycles. The van der Waals surface area contributed by atoms with Crippen LogP contribution in [-0.2, 0) is 10.0 Å². The Morgan fingerprint density at radius 1 is 1.38 bits per heavy atom. The summed E-state index contributed by atoms with van der Waals surface area (Å²) in [5, 5.41) is 18.6. The van der Waals surface area contributed by atoms with E-state index >= 15 is 0 Å². The standard InChI is InChI=1S/C14H17ClN2O3S/c15-12-6-5-11(10-16)14(9-12)21(19,20)17(7-8-18)13-3-1-2-4-13/h5-6,9,13,18H,1-4,7-8H2. The molecule has 0 amide bonds. The minimum Gasteiger partial charge on any atom is -0.395 e. The molecule has 0 atom stereocenters. The monoisotopic (exact) mass is 328 g/mol. The van der Waals surface area contributed by atoms with Crippen LogP contribution in [0.2, 0.25) is 5.02 Å². The predicted octanol–water partition coefficient (Wildman–Crippen LogP) is 2.14. The highest BCUT2D eigenvalue weighted by Gasteiger charge is 2.34. The molecular weight excluding hydrogens is 312 g/mol. The van der Waals surface area contributed by atoms with E-state index in [-0.39, 0.29) is 34.7 Å². The van der Waals surface area contributed by atoms with E-state index in [9.17, 15) is 13.5 Å².